The van der Waals surface area contributed by atoms with E-state index in [0.29, 0.717) is 39.5 Å². The van der Waals surface area contributed by atoms with Crippen molar-refractivity contribution in [3.8, 4) is 22.6 Å². The molecule has 0 saturated heterocycles. The molecule has 0 saturated carbocycles. The molecular formula is C19H18ClNO4. The lowest BCUT2D eigenvalue weighted by Gasteiger charge is -2.13. The summed E-state index contributed by atoms with van der Waals surface area (Å²) < 4.78 is 11.2. The highest BCUT2D eigenvalue weighted by Gasteiger charge is 2.12. The molecule has 6 heteroatoms. The van der Waals surface area contributed by atoms with Crippen molar-refractivity contribution in [3.05, 3.63) is 57.9 Å². The van der Waals surface area contributed by atoms with Crippen molar-refractivity contribution in [2.75, 3.05) is 27.2 Å². The third kappa shape index (κ3) is 3.78. The number of ether oxygens (including phenoxy) is 1. The fourth-order valence-electron chi connectivity index (χ4n) is 2.44. The molecule has 0 radical (unpaired) electrons. The van der Waals surface area contributed by atoms with Crippen LogP contribution in [-0.2, 0) is 0 Å². The first kappa shape index (κ1) is 17.3. The van der Waals surface area contributed by atoms with Gasteiger partial charge in [0, 0.05) is 12.6 Å². The van der Waals surface area contributed by atoms with Crippen LogP contribution in [0.4, 0.5) is 0 Å². The zero-order valence-electron chi connectivity index (χ0n) is 14.0. The van der Waals surface area contributed by atoms with E-state index in [1.54, 1.807) is 24.3 Å². The number of fused-ring (bicyclic) bond motifs is 1. The largest absolute Gasteiger partial charge is 0.508 e. The lowest BCUT2D eigenvalue weighted by molar-refractivity contribution is 0.261. The van der Waals surface area contributed by atoms with Crippen molar-refractivity contribution < 1.29 is 14.3 Å². The van der Waals surface area contributed by atoms with Gasteiger partial charge in [-0.15, -0.1) is 0 Å². The van der Waals surface area contributed by atoms with E-state index in [2.05, 4.69) is 0 Å². The van der Waals surface area contributed by atoms with Crippen LogP contribution in [0.1, 0.15) is 0 Å². The highest BCUT2D eigenvalue weighted by Crippen LogP contribution is 2.30. The van der Waals surface area contributed by atoms with Gasteiger partial charge in [0.05, 0.1) is 16.0 Å². The van der Waals surface area contributed by atoms with Crippen LogP contribution in [0.5, 0.6) is 11.5 Å². The predicted molar refractivity (Wildman–Crippen MR) is 98.6 cm³/mol. The average molecular weight is 360 g/mol. The van der Waals surface area contributed by atoms with Gasteiger partial charge in [0.1, 0.15) is 30.0 Å². The van der Waals surface area contributed by atoms with E-state index in [1.165, 1.54) is 18.4 Å². The third-order valence-electron chi connectivity index (χ3n) is 3.80. The van der Waals surface area contributed by atoms with E-state index in [0.717, 1.165) is 6.54 Å². The SMILES string of the molecule is CN(C)CCOc1cc(-c2coc3cc(O)ccc3c2=O)ccc1Cl. The van der Waals surface area contributed by atoms with E-state index in [9.17, 15) is 9.90 Å². The Morgan fingerprint density at radius 3 is 2.76 bits per heavy atom. The minimum atomic E-state index is -0.178. The van der Waals surface area contributed by atoms with Gasteiger partial charge in [0.15, 0.2) is 5.43 Å². The van der Waals surface area contributed by atoms with Gasteiger partial charge in [-0.2, -0.15) is 0 Å². The highest BCUT2D eigenvalue weighted by atomic mass is 35.5. The number of hydrogen-bond donors (Lipinski definition) is 1. The first-order chi connectivity index (χ1) is 12.0. The molecule has 0 aliphatic rings. The van der Waals surface area contributed by atoms with Gasteiger partial charge >= 0.3 is 0 Å². The second kappa shape index (κ2) is 7.17. The molecule has 0 spiro atoms. The summed E-state index contributed by atoms with van der Waals surface area (Å²) in [5.74, 6) is 0.567. The van der Waals surface area contributed by atoms with Crippen LogP contribution >= 0.6 is 11.6 Å². The van der Waals surface area contributed by atoms with Crippen LogP contribution in [0, 0.1) is 0 Å². The molecule has 3 aromatic rings. The normalized spacial score (nSPS) is 11.2. The number of benzene rings is 2. The second-order valence-corrected chi connectivity index (χ2v) is 6.36. The molecule has 3 rings (SSSR count). The van der Waals surface area contributed by atoms with E-state index >= 15 is 0 Å². The standard InChI is InChI=1S/C19H18ClNO4/c1-21(2)7-8-24-18-9-12(3-6-16(18)20)15-11-25-17-10-13(22)4-5-14(17)19(15)23/h3-6,9-11,22H,7-8H2,1-2H3. The Balaban J connectivity index is 1.99. The Morgan fingerprint density at radius 1 is 1.20 bits per heavy atom. The molecule has 1 N–H and O–H groups in total. The number of phenolic OH excluding ortho intramolecular Hbond substituents is 1. The molecule has 0 unspecified atom stereocenters. The molecule has 0 aliphatic carbocycles. The van der Waals surface area contributed by atoms with Crippen LogP contribution in [-0.4, -0.2) is 37.3 Å². The van der Waals surface area contributed by atoms with Crippen LogP contribution in [0.2, 0.25) is 5.02 Å². The van der Waals surface area contributed by atoms with E-state index in [-0.39, 0.29) is 11.2 Å². The summed E-state index contributed by atoms with van der Waals surface area (Å²) in [4.78, 5) is 14.7. The smallest absolute Gasteiger partial charge is 0.200 e. The summed E-state index contributed by atoms with van der Waals surface area (Å²) in [5.41, 5.74) is 1.23. The molecular weight excluding hydrogens is 342 g/mol. The lowest BCUT2D eigenvalue weighted by atomic mass is 10.1. The fourth-order valence-corrected chi connectivity index (χ4v) is 2.61. The number of rotatable bonds is 5. The molecule has 0 atom stereocenters. The van der Waals surface area contributed by atoms with Gasteiger partial charge in [-0.05, 0) is 43.9 Å². The Labute approximate surface area is 150 Å². The predicted octanol–water partition coefficient (Wildman–Crippen LogP) is 3.76. The topological polar surface area (TPSA) is 62.9 Å². The van der Waals surface area contributed by atoms with Crippen molar-refractivity contribution >= 4 is 22.6 Å². The van der Waals surface area contributed by atoms with Crippen molar-refractivity contribution in [3.63, 3.8) is 0 Å². The van der Waals surface area contributed by atoms with Crippen molar-refractivity contribution in [2.24, 2.45) is 0 Å². The van der Waals surface area contributed by atoms with Gasteiger partial charge in [-0.3, -0.25) is 4.79 Å². The van der Waals surface area contributed by atoms with Gasteiger partial charge in [-0.1, -0.05) is 17.7 Å². The number of aromatic hydroxyl groups is 1. The van der Waals surface area contributed by atoms with Crippen LogP contribution in [0.25, 0.3) is 22.1 Å². The Hall–Kier alpha value is -2.50. The van der Waals surface area contributed by atoms with Gasteiger partial charge in [-0.25, -0.2) is 0 Å². The molecule has 2 aromatic carbocycles. The molecule has 0 aliphatic heterocycles. The molecule has 1 heterocycles. The maximum atomic E-state index is 12.7. The Bertz CT molecular complexity index is 965. The first-order valence-corrected chi connectivity index (χ1v) is 8.15. The van der Waals surface area contributed by atoms with Crippen LogP contribution < -0.4 is 10.2 Å². The Morgan fingerprint density at radius 2 is 2.00 bits per heavy atom. The maximum Gasteiger partial charge on any atom is 0.200 e. The molecule has 5 nitrogen and oxygen atoms in total. The lowest BCUT2D eigenvalue weighted by Crippen LogP contribution is -2.19. The molecule has 25 heavy (non-hydrogen) atoms. The summed E-state index contributed by atoms with van der Waals surface area (Å²) in [5, 5.41) is 10.4. The summed E-state index contributed by atoms with van der Waals surface area (Å²) in [7, 11) is 3.92. The zero-order valence-corrected chi connectivity index (χ0v) is 14.7. The second-order valence-electron chi connectivity index (χ2n) is 5.96. The molecule has 130 valence electrons. The monoisotopic (exact) mass is 359 g/mol. The van der Waals surface area contributed by atoms with Crippen LogP contribution in [0.15, 0.2) is 51.9 Å². The number of nitrogens with zero attached hydrogens (tertiary/aromatic N) is 1. The van der Waals surface area contributed by atoms with E-state index in [1.807, 2.05) is 19.0 Å². The van der Waals surface area contributed by atoms with Crippen molar-refractivity contribution in [1.82, 2.24) is 4.90 Å². The number of halogens is 1. The summed E-state index contributed by atoms with van der Waals surface area (Å²) >= 11 is 6.18. The maximum absolute atomic E-state index is 12.7. The number of phenols is 1. The Kier molecular flexibility index (Phi) is 4.97. The summed E-state index contributed by atoms with van der Waals surface area (Å²) in [6, 6.07) is 9.60. The third-order valence-corrected chi connectivity index (χ3v) is 4.11. The van der Waals surface area contributed by atoms with Gasteiger partial charge in [0.25, 0.3) is 0 Å². The van der Waals surface area contributed by atoms with Crippen LogP contribution in [0.3, 0.4) is 0 Å². The zero-order chi connectivity index (χ0) is 18.0. The minimum absolute atomic E-state index is 0.0477. The molecule has 0 fully saturated rings. The molecule has 1 aromatic heterocycles. The van der Waals surface area contributed by atoms with Gasteiger partial charge < -0.3 is 19.2 Å². The van der Waals surface area contributed by atoms with Gasteiger partial charge in [0.2, 0.25) is 0 Å². The van der Waals surface area contributed by atoms with E-state index < -0.39 is 0 Å². The number of likely N-dealkylation sites (N-methyl/N-ethyl adjacent to an activating group) is 1. The number of hydrogen-bond acceptors (Lipinski definition) is 5. The van der Waals surface area contributed by atoms with E-state index in [4.69, 9.17) is 20.8 Å². The average Bonchev–Trinajstić information content (AvgIpc) is 2.57. The summed E-state index contributed by atoms with van der Waals surface area (Å²) in [6.07, 6.45) is 1.39. The highest BCUT2D eigenvalue weighted by molar-refractivity contribution is 6.32. The molecule has 0 bridgehead atoms. The minimum Gasteiger partial charge on any atom is -0.508 e. The molecule has 0 amide bonds. The quantitative estimate of drug-likeness (QED) is 0.751. The van der Waals surface area contributed by atoms with Crippen molar-refractivity contribution in [2.45, 2.75) is 0 Å². The first-order valence-electron chi connectivity index (χ1n) is 7.77. The summed E-state index contributed by atoms with van der Waals surface area (Å²) in [6.45, 7) is 1.24. The van der Waals surface area contributed by atoms with Crippen molar-refractivity contribution in [1.29, 1.82) is 0 Å². The fraction of sp³-hybridized carbons (Fsp3) is 0.211.